The Balaban J connectivity index is 2.38. The summed E-state index contributed by atoms with van der Waals surface area (Å²) in [6, 6.07) is 16.2. The molecule has 0 amide bonds. The standard InChI is InChI=1S/C14H11NOS/c15-14(17)12-8-4-7-11(9-12)13(16)10-5-2-1-3-6-10/h1-9H,(H2,15,17). The Morgan fingerprint density at radius 3 is 2.12 bits per heavy atom. The maximum atomic E-state index is 12.1. The quantitative estimate of drug-likeness (QED) is 0.663. The Hall–Kier alpha value is -2.00. The SMILES string of the molecule is NC(=S)c1cccc(C(=O)c2ccccc2)c1. The van der Waals surface area contributed by atoms with Crippen molar-refractivity contribution in [3.63, 3.8) is 0 Å². The minimum Gasteiger partial charge on any atom is -0.389 e. The predicted octanol–water partition coefficient (Wildman–Crippen LogP) is 2.55. The fourth-order valence-corrected chi connectivity index (χ4v) is 1.70. The number of rotatable bonds is 3. The lowest BCUT2D eigenvalue weighted by Gasteiger charge is -2.03. The van der Waals surface area contributed by atoms with E-state index in [4.69, 9.17) is 18.0 Å². The van der Waals surface area contributed by atoms with Crippen molar-refractivity contribution in [1.29, 1.82) is 0 Å². The van der Waals surface area contributed by atoms with E-state index in [0.717, 1.165) is 0 Å². The monoisotopic (exact) mass is 241 g/mol. The van der Waals surface area contributed by atoms with E-state index < -0.39 is 0 Å². The number of carbonyl (C=O) groups is 1. The van der Waals surface area contributed by atoms with Crippen LogP contribution >= 0.6 is 12.2 Å². The van der Waals surface area contributed by atoms with Crippen molar-refractivity contribution in [2.45, 2.75) is 0 Å². The van der Waals surface area contributed by atoms with Crippen LogP contribution in [-0.4, -0.2) is 10.8 Å². The molecular weight excluding hydrogens is 230 g/mol. The number of carbonyl (C=O) groups excluding carboxylic acids is 1. The van der Waals surface area contributed by atoms with Gasteiger partial charge in [-0.15, -0.1) is 0 Å². The Morgan fingerprint density at radius 1 is 0.882 bits per heavy atom. The zero-order valence-electron chi connectivity index (χ0n) is 9.09. The van der Waals surface area contributed by atoms with Gasteiger partial charge in [-0.3, -0.25) is 4.79 Å². The molecule has 0 bridgehead atoms. The van der Waals surface area contributed by atoms with E-state index in [-0.39, 0.29) is 5.78 Å². The number of hydrogen-bond acceptors (Lipinski definition) is 2. The summed E-state index contributed by atoms with van der Waals surface area (Å²) < 4.78 is 0. The zero-order valence-corrected chi connectivity index (χ0v) is 9.91. The summed E-state index contributed by atoms with van der Waals surface area (Å²) in [7, 11) is 0. The van der Waals surface area contributed by atoms with Crippen molar-refractivity contribution < 1.29 is 4.79 Å². The molecule has 2 rings (SSSR count). The normalized spacial score (nSPS) is 9.88. The van der Waals surface area contributed by atoms with Crippen LogP contribution in [0.3, 0.4) is 0 Å². The van der Waals surface area contributed by atoms with Gasteiger partial charge in [-0.25, -0.2) is 0 Å². The molecule has 2 nitrogen and oxygen atoms in total. The first-order valence-corrected chi connectivity index (χ1v) is 5.59. The van der Waals surface area contributed by atoms with E-state index >= 15 is 0 Å². The molecule has 0 heterocycles. The van der Waals surface area contributed by atoms with Crippen molar-refractivity contribution in [3.8, 4) is 0 Å². The van der Waals surface area contributed by atoms with Crippen LogP contribution in [0, 0.1) is 0 Å². The second-order valence-corrected chi connectivity index (χ2v) is 4.08. The number of hydrogen-bond donors (Lipinski definition) is 1. The molecule has 17 heavy (non-hydrogen) atoms. The van der Waals surface area contributed by atoms with Gasteiger partial charge >= 0.3 is 0 Å². The number of nitrogens with two attached hydrogens (primary N) is 1. The maximum absolute atomic E-state index is 12.1. The highest BCUT2D eigenvalue weighted by Gasteiger charge is 2.09. The molecule has 2 aromatic rings. The summed E-state index contributed by atoms with van der Waals surface area (Å²) in [5.41, 5.74) is 7.51. The first-order chi connectivity index (χ1) is 8.18. The average molecular weight is 241 g/mol. The fraction of sp³-hybridized carbons (Fsp3) is 0. The highest BCUT2D eigenvalue weighted by molar-refractivity contribution is 7.80. The van der Waals surface area contributed by atoms with Gasteiger partial charge in [0.15, 0.2) is 5.78 Å². The van der Waals surface area contributed by atoms with Crippen LogP contribution in [0.1, 0.15) is 21.5 Å². The number of benzene rings is 2. The summed E-state index contributed by atoms with van der Waals surface area (Å²) in [5.74, 6) is -0.0244. The molecule has 0 spiro atoms. The number of ketones is 1. The summed E-state index contributed by atoms with van der Waals surface area (Å²) in [6.07, 6.45) is 0. The Labute approximate surface area is 105 Å². The van der Waals surface area contributed by atoms with Gasteiger partial charge in [-0.1, -0.05) is 60.7 Å². The van der Waals surface area contributed by atoms with Crippen LogP contribution in [0.15, 0.2) is 54.6 Å². The third-order valence-corrected chi connectivity index (χ3v) is 2.68. The summed E-state index contributed by atoms with van der Waals surface area (Å²) in [6.45, 7) is 0. The minimum absolute atomic E-state index is 0.0244. The van der Waals surface area contributed by atoms with Crippen molar-refractivity contribution in [1.82, 2.24) is 0 Å². The van der Waals surface area contributed by atoms with Crippen LogP contribution in [0.2, 0.25) is 0 Å². The highest BCUT2D eigenvalue weighted by Crippen LogP contribution is 2.11. The molecule has 0 fully saturated rings. The second kappa shape index (κ2) is 4.89. The van der Waals surface area contributed by atoms with Crippen molar-refractivity contribution in [3.05, 3.63) is 71.3 Å². The van der Waals surface area contributed by atoms with Gasteiger partial charge in [-0.05, 0) is 6.07 Å². The van der Waals surface area contributed by atoms with E-state index in [0.29, 0.717) is 21.7 Å². The molecular formula is C14H11NOS. The largest absolute Gasteiger partial charge is 0.389 e. The molecule has 84 valence electrons. The Morgan fingerprint density at radius 2 is 1.47 bits per heavy atom. The van der Waals surface area contributed by atoms with Crippen molar-refractivity contribution in [2.24, 2.45) is 5.73 Å². The van der Waals surface area contributed by atoms with Gasteiger partial charge in [0.1, 0.15) is 4.99 Å². The zero-order chi connectivity index (χ0) is 12.3. The lowest BCUT2D eigenvalue weighted by Crippen LogP contribution is -2.10. The highest BCUT2D eigenvalue weighted by atomic mass is 32.1. The third-order valence-electron chi connectivity index (χ3n) is 2.45. The van der Waals surface area contributed by atoms with Gasteiger partial charge in [0.05, 0.1) is 0 Å². The first kappa shape index (κ1) is 11.5. The molecule has 0 radical (unpaired) electrons. The Kier molecular flexibility index (Phi) is 3.30. The predicted molar refractivity (Wildman–Crippen MR) is 72.2 cm³/mol. The second-order valence-electron chi connectivity index (χ2n) is 3.64. The molecule has 0 aliphatic carbocycles. The first-order valence-electron chi connectivity index (χ1n) is 5.18. The van der Waals surface area contributed by atoms with Gasteiger partial charge < -0.3 is 5.73 Å². The van der Waals surface area contributed by atoms with Crippen LogP contribution in [0.25, 0.3) is 0 Å². The summed E-state index contributed by atoms with van der Waals surface area (Å²) in [5, 5.41) is 0. The van der Waals surface area contributed by atoms with Crippen molar-refractivity contribution >= 4 is 23.0 Å². The van der Waals surface area contributed by atoms with E-state index in [1.54, 1.807) is 36.4 Å². The van der Waals surface area contributed by atoms with Crippen LogP contribution in [0.5, 0.6) is 0 Å². The molecule has 0 aromatic heterocycles. The van der Waals surface area contributed by atoms with E-state index in [2.05, 4.69) is 0 Å². The molecule has 3 heteroatoms. The van der Waals surface area contributed by atoms with Gasteiger partial charge in [0, 0.05) is 16.7 Å². The molecule has 2 aromatic carbocycles. The lowest BCUT2D eigenvalue weighted by molar-refractivity contribution is 0.103. The molecule has 0 aliphatic heterocycles. The van der Waals surface area contributed by atoms with Crippen molar-refractivity contribution in [2.75, 3.05) is 0 Å². The molecule has 0 atom stereocenters. The average Bonchev–Trinajstić information content (AvgIpc) is 2.39. The van der Waals surface area contributed by atoms with Gasteiger partial charge in [0.2, 0.25) is 0 Å². The molecule has 0 saturated carbocycles. The van der Waals surface area contributed by atoms with Crippen LogP contribution in [0.4, 0.5) is 0 Å². The molecule has 0 unspecified atom stereocenters. The molecule has 0 aliphatic rings. The third kappa shape index (κ3) is 2.57. The minimum atomic E-state index is -0.0244. The van der Waals surface area contributed by atoms with Crippen LogP contribution in [-0.2, 0) is 0 Å². The van der Waals surface area contributed by atoms with E-state index in [1.807, 2.05) is 18.2 Å². The lowest BCUT2D eigenvalue weighted by atomic mass is 10.0. The Bertz CT molecular complexity index is 563. The topological polar surface area (TPSA) is 43.1 Å². The van der Waals surface area contributed by atoms with E-state index in [1.165, 1.54) is 0 Å². The number of thiocarbonyl (C=S) groups is 1. The fourth-order valence-electron chi connectivity index (χ4n) is 1.57. The van der Waals surface area contributed by atoms with Gasteiger partial charge in [-0.2, -0.15) is 0 Å². The smallest absolute Gasteiger partial charge is 0.193 e. The van der Waals surface area contributed by atoms with E-state index in [9.17, 15) is 4.79 Å². The molecule has 2 N–H and O–H groups in total. The summed E-state index contributed by atoms with van der Waals surface area (Å²) >= 11 is 4.89. The maximum Gasteiger partial charge on any atom is 0.193 e. The van der Waals surface area contributed by atoms with Gasteiger partial charge in [0.25, 0.3) is 0 Å². The van der Waals surface area contributed by atoms with Crippen LogP contribution < -0.4 is 5.73 Å². The summed E-state index contributed by atoms with van der Waals surface area (Å²) in [4.78, 5) is 12.4. The molecule has 0 saturated heterocycles.